The predicted octanol–water partition coefficient (Wildman–Crippen LogP) is 4.57. The van der Waals surface area contributed by atoms with E-state index in [4.69, 9.17) is 4.74 Å². The Hall–Kier alpha value is -3.35. The molecule has 1 aromatic heterocycles. The lowest BCUT2D eigenvalue weighted by molar-refractivity contribution is 0.0600. The number of carbonyl (C=O) groups is 1. The van der Waals surface area contributed by atoms with Gasteiger partial charge in [0.15, 0.2) is 10.0 Å². The van der Waals surface area contributed by atoms with Gasteiger partial charge >= 0.3 is 5.97 Å². The normalized spacial score (nSPS) is 11.0. The number of sulfonamides is 1. The van der Waals surface area contributed by atoms with Crippen LogP contribution in [-0.4, -0.2) is 33.6 Å². The van der Waals surface area contributed by atoms with Gasteiger partial charge in [0, 0.05) is 10.9 Å². The zero-order valence-corrected chi connectivity index (χ0v) is 20.6. The summed E-state index contributed by atoms with van der Waals surface area (Å²) in [6.45, 7) is 6.24. The maximum absolute atomic E-state index is 12.9. The first-order valence-electron chi connectivity index (χ1n) is 10.0. The van der Waals surface area contributed by atoms with E-state index in [-0.39, 0.29) is 22.0 Å². The van der Waals surface area contributed by atoms with E-state index in [0.717, 1.165) is 28.0 Å². The van der Waals surface area contributed by atoms with Gasteiger partial charge in [-0.2, -0.15) is 8.42 Å². The van der Waals surface area contributed by atoms with Crippen LogP contribution in [-0.2, 0) is 14.8 Å². The summed E-state index contributed by atoms with van der Waals surface area (Å²) in [5.41, 5.74) is 3.60. The van der Waals surface area contributed by atoms with Crippen molar-refractivity contribution >= 4 is 33.0 Å². The molecule has 7 nitrogen and oxygen atoms in total. The van der Waals surface area contributed by atoms with Crippen LogP contribution in [0.3, 0.4) is 0 Å². The van der Waals surface area contributed by atoms with E-state index in [2.05, 4.69) is 46.2 Å². The largest absolute Gasteiger partial charge is 0.495 e. The first-order valence-corrected chi connectivity index (χ1v) is 12.4. The van der Waals surface area contributed by atoms with Crippen molar-refractivity contribution in [2.75, 3.05) is 18.9 Å². The highest BCUT2D eigenvalue weighted by Crippen LogP contribution is 2.29. The smallest absolute Gasteiger partial charge is 0.337 e. The van der Waals surface area contributed by atoms with Crippen molar-refractivity contribution in [3.63, 3.8) is 0 Å². The number of aryl methyl sites for hydroxylation is 1. The Bertz CT molecular complexity index is 1350. The molecule has 0 radical (unpaired) electrons. The number of nitrogens with one attached hydrogen (secondary N) is 1. The Morgan fingerprint density at radius 1 is 1.12 bits per heavy atom. The minimum atomic E-state index is -3.99. The molecule has 2 aromatic carbocycles. The molecule has 0 saturated heterocycles. The number of anilines is 1. The van der Waals surface area contributed by atoms with Crippen molar-refractivity contribution < 1.29 is 22.7 Å². The number of methoxy groups -OCH3 is 2. The van der Waals surface area contributed by atoms with Crippen LogP contribution < -0.4 is 9.46 Å². The third kappa shape index (κ3) is 5.72. The lowest BCUT2D eigenvalue weighted by Crippen LogP contribution is -2.14. The fraction of sp³-hybridized carbons (Fsp3) is 0.250. The molecule has 0 saturated carbocycles. The highest BCUT2D eigenvalue weighted by atomic mass is 32.2. The summed E-state index contributed by atoms with van der Waals surface area (Å²) in [5.74, 6) is 6.02. The van der Waals surface area contributed by atoms with E-state index in [0.29, 0.717) is 10.9 Å². The van der Waals surface area contributed by atoms with Gasteiger partial charge in [-0.05, 0) is 48.6 Å². The monoisotopic (exact) mass is 484 g/mol. The molecule has 3 aromatic rings. The van der Waals surface area contributed by atoms with Crippen molar-refractivity contribution in [2.45, 2.75) is 31.7 Å². The van der Waals surface area contributed by atoms with Crippen molar-refractivity contribution in [1.29, 1.82) is 0 Å². The Morgan fingerprint density at radius 3 is 2.55 bits per heavy atom. The zero-order chi connectivity index (χ0) is 24.2. The van der Waals surface area contributed by atoms with Crippen LogP contribution >= 0.6 is 11.3 Å². The molecule has 33 heavy (non-hydrogen) atoms. The average Bonchev–Trinajstić information content (AvgIpc) is 3.27. The zero-order valence-electron chi connectivity index (χ0n) is 18.9. The number of benzene rings is 2. The first-order chi connectivity index (χ1) is 15.6. The van der Waals surface area contributed by atoms with E-state index >= 15 is 0 Å². The van der Waals surface area contributed by atoms with Gasteiger partial charge in [0.25, 0.3) is 10.0 Å². The van der Waals surface area contributed by atoms with Gasteiger partial charge in [0.05, 0.1) is 25.5 Å². The summed E-state index contributed by atoms with van der Waals surface area (Å²) >= 11 is 1.15. The lowest BCUT2D eigenvalue weighted by atomic mass is 9.95. The molecule has 0 aliphatic carbocycles. The summed E-state index contributed by atoms with van der Waals surface area (Å²) in [5, 5.41) is 1.67. The average molecular weight is 485 g/mol. The highest BCUT2D eigenvalue weighted by Gasteiger charge is 2.21. The van der Waals surface area contributed by atoms with Crippen molar-refractivity contribution in [3.05, 3.63) is 69.0 Å². The van der Waals surface area contributed by atoms with Gasteiger partial charge in [0.2, 0.25) is 0 Å². The van der Waals surface area contributed by atoms with Crippen LogP contribution in [0.15, 0.2) is 46.8 Å². The van der Waals surface area contributed by atoms with E-state index in [1.807, 2.05) is 19.1 Å². The van der Waals surface area contributed by atoms with Gasteiger partial charge in [-0.1, -0.05) is 37.5 Å². The summed E-state index contributed by atoms with van der Waals surface area (Å²) in [6.07, 6.45) is 0. The van der Waals surface area contributed by atoms with Crippen molar-refractivity contribution in [2.24, 2.45) is 0 Å². The van der Waals surface area contributed by atoms with E-state index < -0.39 is 16.0 Å². The minimum Gasteiger partial charge on any atom is -0.495 e. The standard InChI is InChI=1S/C24H24N2O5S2/c1-15(2)19-12-16(3)6-7-17(19)9-11-22-25-23(14-32-22)33(28,29)26-20-10-8-18(24(27)31-5)13-21(20)30-4/h6-8,10,12-15,26H,1-5H3. The van der Waals surface area contributed by atoms with Gasteiger partial charge in [0.1, 0.15) is 5.75 Å². The number of hydrogen-bond donors (Lipinski definition) is 1. The molecule has 0 unspecified atom stereocenters. The summed E-state index contributed by atoms with van der Waals surface area (Å²) in [7, 11) is -1.35. The molecule has 0 spiro atoms. The molecule has 0 fully saturated rings. The Morgan fingerprint density at radius 2 is 1.88 bits per heavy atom. The van der Waals surface area contributed by atoms with Crippen LogP contribution in [0.1, 0.15) is 51.8 Å². The molecule has 172 valence electrons. The number of aromatic nitrogens is 1. The van der Waals surface area contributed by atoms with E-state index in [1.54, 1.807) is 0 Å². The minimum absolute atomic E-state index is 0.149. The third-order valence-corrected chi connectivity index (χ3v) is 6.91. The number of ether oxygens (including phenoxy) is 2. The van der Waals surface area contributed by atoms with Gasteiger partial charge in [-0.25, -0.2) is 9.78 Å². The van der Waals surface area contributed by atoms with E-state index in [1.165, 1.54) is 37.8 Å². The van der Waals surface area contributed by atoms with Gasteiger partial charge in [-0.3, -0.25) is 4.72 Å². The number of carbonyl (C=O) groups excluding carboxylic acids is 1. The van der Waals surface area contributed by atoms with Crippen molar-refractivity contribution in [1.82, 2.24) is 4.98 Å². The summed E-state index contributed by atoms with van der Waals surface area (Å²) in [4.78, 5) is 15.9. The second kappa shape index (κ2) is 10.1. The number of nitrogens with zero attached hydrogens (tertiary/aromatic N) is 1. The molecular weight excluding hydrogens is 460 g/mol. The molecule has 1 heterocycles. The van der Waals surface area contributed by atoms with Gasteiger partial charge < -0.3 is 9.47 Å². The molecular formula is C24H24N2O5S2. The Balaban J connectivity index is 1.86. The fourth-order valence-electron chi connectivity index (χ4n) is 3.05. The number of rotatable bonds is 6. The number of thiazole rings is 1. The predicted molar refractivity (Wildman–Crippen MR) is 129 cm³/mol. The summed E-state index contributed by atoms with van der Waals surface area (Å²) in [6, 6.07) is 10.3. The van der Waals surface area contributed by atoms with Crippen molar-refractivity contribution in [3.8, 4) is 17.6 Å². The number of hydrogen-bond acceptors (Lipinski definition) is 7. The van der Waals surface area contributed by atoms with Crippen LogP contribution in [0.25, 0.3) is 0 Å². The molecule has 0 aliphatic heterocycles. The molecule has 0 aliphatic rings. The Kier molecular flexibility index (Phi) is 7.41. The second-order valence-corrected chi connectivity index (χ2v) is 9.99. The highest BCUT2D eigenvalue weighted by molar-refractivity contribution is 7.92. The molecule has 0 amide bonds. The SMILES string of the molecule is COC(=O)c1ccc(NS(=O)(=O)c2csc(C#Cc3ccc(C)cc3C(C)C)n2)c(OC)c1. The van der Waals surface area contributed by atoms with Crippen LogP contribution in [0.5, 0.6) is 5.75 Å². The third-order valence-electron chi connectivity index (χ3n) is 4.76. The second-order valence-electron chi connectivity index (χ2n) is 7.50. The van der Waals surface area contributed by atoms with E-state index in [9.17, 15) is 13.2 Å². The maximum Gasteiger partial charge on any atom is 0.337 e. The molecule has 9 heteroatoms. The number of esters is 1. The molecule has 3 rings (SSSR count). The van der Waals surface area contributed by atoms with Crippen LogP contribution in [0.2, 0.25) is 0 Å². The van der Waals surface area contributed by atoms with Crippen LogP contribution in [0, 0.1) is 18.8 Å². The molecule has 0 bridgehead atoms. The maximum atomic E-state index is 12.9. The molecule has 0 atom stereocenters. The first kappa shape index (κ1) is 24.3. The summed E-state index contributed by atoms with van der Waals surface area (Å²) < 4.78 is 38.0. The van der Waals surface area contributed by atoms with Gasteiger partial charge in [-0.15, -0.1) is 11.3 Å². The molecule has 1 N–H and O–H groups in total. The topological polar surface area (TPSA) is 94.6 Å². The van der Waals surface area contributed by atoms with Crippen LogP contribution in [0.4, 0.5) is 5.69 Å². The Labute approximate surface area is 197 Å². The quantitative estimate of drug-likeness (QED) is 0.407. The lowest BCUT2D eigenvalue weighted by Gasteiger charge is -2.11. The fourth-order valence-corrected chi connectivity index (χ4v) is 5.06.